The van der Waals surface area contributed by atoms with Crippen molar-refractivity contribution in [2.75, 3.05) is 7.11 Å². The molecule has 2 N–H and O–H groups in total. The van der Waals surface area contributed by atoms with Crippen LogP contribution < -0.4 is 10.5 Å². The number of aryl methyl sites for hydroxylation is 1. The highest BCUT2D eigenvalue weighted by Gasteiger charge is 2.12. The summed E-state index contributed by atoms with van der Waals surface area (Å²) < 4.78 is 6.29. The molecule has 0 heterocycles. The summed E-state index contributed by atoms with van der Waals surface area (Å²) in [7, 11) is 1.67. The third-order valence-electron chi connectivity index (χ3n) is 3.49. The van der Waals surface area contributed by atoms with Crippen molar-refractivity contribution >= 4 is 15.9 Å². The van der Waals surface area contributed by atoms with E-state index in [1.807, 2.05) is 18.2 Å². The van der Waals surface area contributed by atoms with Crippen molar-refractivity contribution in [1.82, 2.24) is 0 Å². The SMILES string of the molecule is CCc1ccc(CC(N)c2cc(OC)ccc2Br)cc1. The highest BCUT2D eigenvalue weighted by atomic mass is 79.9. The minimum Gasteiger partial charge on any atom is -0.497 e. The van der Waals surface area contributed by atoms with Crippen LogP contribution in [0.2, 0.25) is 0 Å². The maximum atomic E-state index is 6.34. The van der Waals surface area contributed by atoms with Gasteiger partial charge in [0.25, 0.3) is 0 Å². The number of rotatable bonds is 5. The van der Waals surface area contributed by atoms with E-state index in [0.29, 0.717) is 0 Å². The minimum atomic E-state index is -0.0491. The number of ether oxygens (including phenoxy) is 1. The molecular formula is C17H20BrNO. The molecule has 2 rings (SSSR count). The first kappa shape index (κ1) is 15.1. The Morgan fingerprint density at radius 3 is 2.35 bits per heavy atom. The molecule has 1 unspecified atom stereocenters. The maximum Gasteiger partial charge on any atom is 0.119 e. The molecule has 2 aromatic rings. The van der Waals surface area contributed by atoms with Crippen LogP contribution >= 0.6 is 15.9 Å². The predicted molar refractivity (Wildman–Crippen MR) is 87.1 cm³/mol. The number of nitrogens with two attached hydrogens (primary N) is 1. The zero-order valence-corrected chi connectivity index (χ0v) is 13.5. The van der Waals surface area contributed by atoms with Crippen LogP contribution in [0, 0.1) is 0 Å². The lowest BCUT2D eigenvalue weighted by Crippen LogP contribution is -2.14. The summed E-state index contributed by atoms with van der Waals surface area (Å²) in [6.45, 7) is 2.16. The van der Waals surface area contributed by atoms with Gasteiger partial charge in [-0.05, 0) is 47.7 Å². The van der Waals surface area contributed by atoms with Crippen LogP contribution in [0.1, 0.15) is 29.7 Å². The van der Waals surface area contributed by atoms with Gasteiger partial charge < -0.3 is 10.5 Å². The molecule has 0 amide bonds. The quantitative estimate of drug-likeness (QED) is 0.887. The van der Waals surface area contributed by atoms with E-state index in [4.69, 9.17) is 10.5 Å². The molecule has 0 aliphatic carbocycles. The first-order valence-corrected chi connectivity index (χ1v) is 7.60. The lowest BCUT2D eigenvalue weighted by Gasteiger charge is -2.15. The van der Waals surface area contributed by atoms with Gasteiger partial charge in [0.2, 0.25) is 0 Å². The van der Waals surface area contributed by atoms with Gasteiger partial charge in [0, 0.05) is 10.5 Å². The molecule has 3 heteroatoms. The Labute approximate surface area is 129 Å². The van der Waals surface area contributed by atoms with Crippen molar-refractivity contribution in [2.45, 2.75) is 25.8 Å². The topological polar surface area (TPSA) is 35.2 Å². The van der Waals surface area contributed by atoms with Gasteiger partial charge >= 0.3 is 0 Å². The third kappa shape index (κ3) is 3.62. The molecule has 0 aliphatic rings. The highest BCUT2D eigenvalue weighted by Crippen LogP contribution is 2.28. The van der Waals surface area contributed by atoms with Crippen LogP contribution in [0.4, 0.5) is 0 Å². The normalized spacial score (nSPS) is 12.2. The van der Waals surface area contributed by atoms with Crippen molar-refractivity contribution in [1.29, 1.82) is 0 Å². The second-order valence-electron chi connectivity index (χ2n) is 4.87. The smallest absolute Gasteiger partial charge is 0.119 e. The fourth-order valence-electron chi connectivity index (χ4n) is 2.21. The Bertz CT molecular complexity index is 566. The molecule has 0 radical (unpaired) electrons. The van der Waals surface area contributed by atoms with Gasteiger partial charge in [0.1, 0.15) is 5.75 Å². The zero-order valence-electron chi connectivity index (χ0n) is 11.9. The van der Waals surface area contributed by atoms with Gasteiger partial charge in [0.05, 0.1) is 7.11 Å². The van der Waals surface area contributed by atoms with Crippen molar-refractivity contribution < 1.29 is 4.74 Å². The van der Waals surface area contributed by atoms with Gasteiger partial charge in [0.15, 0.2) is 0 Å². The van der Waals surface area contributed by atoms with Gasteiger partial charge in [-0.3, -0.25) is 0 Å². The van der Waals surface area contributed by atoms with Crippen molar-refractivity contribution in [3.8, 4) is 5.75 Å². The van der Waals surface area contributed by atoms with Crippen LogP contribution in [0.5, 0.6) is 5.75 Å². The first-order valence-electron chi connectivity index (χ1n) is 6.81. The van der Waals surface area contributed by atoms with E-state index < -0.39 is 0 Å². The molecule has 106 valence electrons. The van der Waals surface area contributed by atoms with E-state index in [1.54, 1.807) is 7.11 Å². The van der Waals surface area contributed by atoms with Crippen molar-refractivity contribution in [3.63, 3.8) is 0 Å². The second kappa shape index (κ2) is 6.91. The van der Waals surface area contributed by atoms with Gasteiger partial charge in [-0.25, -0.2) is 0 Å². The van der Waals surface area contributed by atoms with E-state index >= 15 is 0 Å². The highest BCUT2D eigenvalue weighted by molar-refractivity contribution is 9.10. The maximum absolute atomic E-state index is 6.34. The molecule has 0 aliphatic heterocycles. The number of halogens is 1. The second-order valence-corrected chi connectivity index (χ2v) is 5.72. The van der Waals surface area contributed by atoms with Crippen molar-refractivity contribution in [2.24, 2.45) is 5.73 Å². The van der Waals surface area contributed by atoms with E-state index in [9.17, 15) is 0 Å². The lowest BCUT2D eigenvalue weighted by atomic mass is 9.98. The largest absolute Gasteiger partial charge is 0.497 e. The fourth-order valence-corrected chi connectivity index (χ4v) is 2.75. The van der Waals surface area contributed by atoms with Crippen molar-refractivity contribution in [3.05, 3.63) is 63.6 Å². The summed E-state index contributed by atoms with van der Waals surface area (Å²) in [5.74, 6) is 0.833. The van der Waals surface area contributed by atoms with E-state index in [1.165, 1.54) is 11.1 Å². The number of hydrogen-bond acceptors (Lipinski definition) is 2. The molecule has 0 saturated carbocycles. The first-order chi connectivity index (χ1) is 9.63. The van der Waals surface area contributed by atoms with Gasteiger partial charge in [-0.1, -0.05) is 47.1 Å². The van der Waals surface area contributed by atoms with Crippen LogP contribution in [-0.4, -0.2) is 7.11 Å². The minimum absolute atomic E-state index is 0.0491. The standard InChI is InChI=1S/C17H20BrNO/c1-3-12-4-6-13(7-5-12)10-17(19)15-11-14(20-2)8-9-16(15)18/h4-9,11,17H,3,10,19H2,1-2H3. The Morgan fingerprint density at radius 2 is 1.75 bits per heavy atom. The summed E-state index contributed by atoms with van der Waals surface area (Å²) in [4.78, 5) is 0. The molecule has 2 nitrogen and oxygen atoms in total. The number of hydrogen-bond donors (Lipinski definition) is 1. The predicted octanol–water partition coefficient (Wildman–Crippen LogP) is 4.26. The summed E-state index contributed by atoms with van der Waals surface area (Å²) in [6.07, 6.45) is 1.88. The Hall–Kier alpha value is -1.32. The van der Waals surface area contributed by atoms with Gasteiger partial charge in [-0.15, -0.1) is 0 Å². The Balaban J connectivity index is 2.16. The average Bonchev–Trinajstić information content (AvgIpc) is 2.48. The van der Waals surface area contributed by atoms with Crippen LogP contribution in [0.3, 0.4) is 0 Å². The lowest BCUT2D eigenvalue weighted by molar-refractivity contribution is 0.413. The monoisotopic (exact) mass is 333 g/mol. The zero-order chi connectivity index (χ0) is 14.5. The Kier molecular flexibility index (Phi) is 5.21. The number of benzene rings is 2. The molecule has 20 heavy (non-hydrogen) atoms. The van der Waals surface area contributed by atoms with Crippen LogP contribution in [0.15, 0.2) is 46.9 Å². The van der Waals surface area contributed by atoms with E-state index in [-0.39, 0.29) is 6.04 Å². The number of methoxy groups -OCH3 is 1. The molecule has 1 atom stereocenters. The summed E-state index contributed by atoms with van der Waals surface area (Å²) >= 11 is 3.56. The molecule has 2 aromatic carbocycles. The summed E-state index contributed by atoms with van der Waals surface area (Å²) in [6, 6.07) is 14.5. The molecule has 0 aromatic heterocycles. The average molecular weight is 334 g/mol. The molecule has 0 fully saturated rings. The molecule has 0 bridgehead atoms. The van der Waals surface area contributed by atoms with E-state index in [0.717, 1.165) is 28.6 Å². The Morgan fingerprint density at radius 1 is 1.10 bits per heavy atom. The van der Waals surface area contributed by atoms with E-state index in [2.05, 4.69) is 47.1 Å². The van der Waals surface area contributed by atoms with Crippen LogP contribution in [0.25, 0.3) is 0 Å². The summed E-state index contributed by atoms with van der Waals surface area (Å²) in [5, 5.41) is 0. The summed E-state index contributed by atoms with van der Waals surface area (Å²) in [5.41, 5.74) is 10.0. The molecule has 0 spiro atoms. The van der Waals surface area contributed by atoms with Crippen LogP contribution in [-0.2, 0) is 12.8 Å². The fraction of sp³-hybridized carbons (Fsp3) is 0.294. The molecular weight excluding hydrogens is 314 g/mol. The molecule has 0 saturated heterocycles. The van der Waals surface area contributed by atoms with Gasteiger partial charge in [-0.2, -0.15) is 0 Å². The third-order valence-corrected chi connectivity index (χ3v) is 4.21.